The molecule has 22 heavy (non-hydrogen) atoms. The van der Waals surface area contributed by atoms with Gasteiger partial charge in [0.25, 0.3) is 5.91 Å². The van der Waals surface area contributed by atoms with Crippen molar-refractivity contribution in [1.82, 2.24) is 14.9 Å². The van der Waals surface area contributed by atoms with E-state index in [0.717, 1.165) is 13.0 Å². The summed E-state index contributed by atoms with van der Waals surface area (Å²) in [6.45, 7) is 1.43. The number of H-pyrrole nitrogens is 1. The van der Waals surface area contributed by atoms with Crippen molar-refractivity contribution in [3.05, 3.63) is 70.8 Å². The van der Waals surface area contributed by atoms with E-state index in [1.165, 1.54) is 29.2 Å². The minimum Gasteiger partial charge on any atom is -0.352 e. The Balaban J connectivity index is 1.52. The predicted molar refractivity (Wildman–Crippen MR) is 86.0 cm³/mol. The first-order valence-electron chi connectivity index (χ1n) is 7.25. The molecule has 2 N–H and O–H groups in total. The average Bonchev–Trinajstić information content (AvgIpc) is 2.95. The molecule has 0 spiro atoms. The van der Waals surface area contributed by atoms with Gasteiger partial charge in [-0.25, -0.2) is 0 Å². The number of benzene rings is 1. The summed E-state index contributed by atoms with van der Waals surface area (Å²) in [5, 5.41) is 4.08. The summed E-state index contributed by atoms with van der Waals surface area (Å²) in [7, 11) is 0. The fourth-order valence-electron chi connectivity index (χ4n) is 2.44. The van der Waals surface area contributed by atoms with Crippen LogP contribution in [-0.4, -0.2) is 22.0 Å². The van der Waals surface area contributed by atoms with E-state index in [1.54, 1.807) is 0 Å². The van der Waals surface area contributed by atoms with Crippen molar-refractivity contribution >= 4 is 16.8 Å². The zero-order valence-corrected chi connectivity index (χ0v) is 12.1. The minimum atomic E-state index is -0.212. The lowest BCUT2D eigenvalue weighted by Gasteiger charge is -2.07. The number of rotatable bonds is 5. The van der Waals surface area contributed by atoms with Crippen LogP contribution in [0.1, 0.15) is 16.8 Å². The van der Waals surface area contributed by atoms with E-state index in [9.17, 15) is 9.59 Å². The van der Waals surface area contributed by atoms with Crippen molar-refractivity contribution in [3.63, 3.8) is 0 Å². The maximum absolute atomic E-state index is 11.9. The first-order valence-corrected chi connectivity index (χ1v) is 7.25. The second-order valence-corrected chi connectivity index (χ2v) is 5.12. The maximum Gasteiger partial charge on any atom is 0.252 e. The number of nitrogens with zero attached hydrogens (tertiary/aromatic N) is 1. The minimum absolute atomic E-state index is 0.173. The Morgan fingerprint density at radius 1 is 1.14 bits per heavy atom. The van der Waals surface area contributed by atoms with E-state index in [1.807, 2.05) is 12.1 Å². The van der Waals surface area contributed by atoms with Crippen molar-refractivity contribution in [2.24, 2.45) is 0 Å². The largest absolute Gasteiger partial charge is 0.352 e. The number of aromatic nitrogens is 2. The van der Waals surface area contributed by atoms with Crippen LogP contribution in [-0.2, 0) is 6.54 Å². The van der Waals surface area contributed by atoms with Crippen LogP contribution in [0.3, 0.4) is 0 Å². The molecular weight excluding hydrogens is 278 g/mol. The van der Waals surface area contributed by atoms with Gasteiger partial charge in [0.1, 0.15) is 0 Å². The molecule has 2 heterocycles. The van der Waals surface area contributed by atoms with Crippen LogP contribution in [0, 0.1) is 0 Å². The number of hydrogen-bond acceptors (Lipinski definition) is 2. The molecule has 112 valence electrons. The van der Waals surface area contributed by atoms with Crippen molar-refractivity contribution < 1.29 is 4.79 Å². The molecule has 0 bridgehead atoms. The first-order chi connectivity index (χ1) is 10.7. The third-order valence-corrected chi connectivity index (χ3v) is 3.59. The fraction of sp³-hybridized carbons (Fsp3) is 0.176. The maximum atomic E-state index is 11.9. The highest BCUT2D eigenvalue weighted by molar-refractivity contribution is 5.93. The molecule has 0 radical (unpaired) electrons. The van der Waals surface area contributed by atoms with E-state index in [-0.39, 0.29) is 11.5 Å². The van der Waals surface area contributed by atoms with Crippen molar-refractivity contribution in [3.8, 4) is 0 Å². The highest BCUT2D eigenvalue weighted by atomic mass is 16.1. The molecule has 0 aliphatic carbocycles. The van der Waals surface area contributed by atoms with Gasteiger partial charge in [0, 0.05) is 37.1 Å². The number of fused-ring (bicyclic) bond motifs is 1. The summed E-state index contributed by atoms with van der Waals surface area (Å²) in [5.41, 5.74) is 1.46. The summed E-state index contributed by atoms with van der Waals surface area (Å²) in [4.78, 5) is 25.3. The lowest BCUT2D eigenvalue weighted by molar-refractivity contribution is 0.0952. The number of pyridine rings is 1. The Hall–Kier alpha value is -2.82. The van der Waals surface area contributed by atoms with E-state index in [4.69, 9.17) is 0 Å². The monoisotopic (exact) mass is 295 g/mol. The third-order valence-electron chi connectivity index (χ3n) is 3.59. The van der Waals surface area contributed by atoms with E-state index in [0.29, 0.717) is 12.1 Å². The van der Waals surface area contributed by atoms with Crippen LogP contribution in [0.25, 0.3) is 10.9 Å². The summed E-state index contributed by atoms with van der Waals surface area (Å²) in [6, 6.07) is 13.2. The second-order valence-electron chi connectivity index (χ2n) is 5.12. The molecule has 0 unspecified atom stereocenters. The molecule has 0 aliphatic heterocycles. The van der Waals surface area contributed by atoms with Crippen LogP contribution < -0.4 is 10.9 Å². The topological polar surface area (TPSA) is 66.9 Å². The Morgan fingerprint density at radius 3 is 2.82 bits per heavy atom. The van der Waals surface area contributed by atoms with Gasteiger partial charge in [-0.2, -0.15) is 0 Å². The normalized spacial score (nSPS) is 10.7. The summed E-state index contributed by atoms with van der Waals surface area (Å²) >= 11 is 0. The lowest BCUT2D eigenvalue weighted by Crippen LogP contribution is -2.25. The smallest absolute Gasteiger partial charge is 0.252 e. The summed E-state index contributed by atoms with van der Waals surface area (Å²) in [5.74, 6) is -0.173. The van der Waals surface area contributed by atoms with Crippen molar-refractivity contribution in [2.75, 3.05) is 6.54 Å². The highest BCUT2D eigenvalue weighted by Crippen LogP contribution is 2.15. The zero-order chi connectivity index (χ0) is 15.4. The van der Waals surface area contributed by atoms with Crippen LogP contribution >= 0.6 is 0 Å². The number of amides is 1. The molecule has 1 amide bonds. The molecule has 1 aromatic carbocycles. The van der Waals surface area contributed by atoms with Gasteiger partial charge in [0.2, 0.25) is 5.56 Å². The molecule has 0 saturated carbocycles. The SMILES string of the molecule is O=C(NCCCn1ccc2ccccc21)c1ccc(=O)[nH]c1. The molecule has 3 rings (SSSR count). The third kappa shape index (κ3) is 3.09. The van der Waals surface area contributed by atoms with Crippen LogP contribution in [0.4, 0.5) is 0 Å². The van der Waals surface area contributed by atoms with Gasteiger partial charge < -0.3 is 14.9 Å². The van der Waals surface area contributed by atoms with Gasteiger partial charge >= 0.3 is 0 Å². The molecule has 0 fully saturated rings. The Labute approximate surface area is 127 Å². The second kappa shape index (κ2) is 6.30. The number of aromatic amines is 1. The standard InChI is InChI=1S/C17H17N3O2/c21-16-7-6-14(12-19-16)17(22)18-9-3-10-20-11-8-13-4-1-2-5-15(13)20/h1-2,4-8,11-12H,3,9-10H2,(H,18,22)(H,19,21). The van der Waals surface area contributed by atoms with E-state index >= 15 is 0 Å². The number of hydrogen-bond donors (Lipinski definition) is 2. The first kappa shape index (κ1) is 14.1. The number of aryl methyl sites for hydroxylation is 1. The summed E-state index contributed by atoms with van der Waals surface area (Å²) in [6.07, 6.45) is 4.33. The Kier molecular flexibility index (Phi) is 4.05. The van der Waals surface area contributed by atoms with E-state index in [2.05, 4.69) is 39.3 Å². The van der Waals surface area contributed by atoms with Crippen LogP contribution in [0.2, 0.25) is 0 Å². The molecule has 2 aromatic heterocycles. The van der Waals surface area contributed by atoms with Gasteiger partial charge in [-0.3, -0.25) is 9.59 Å². The number of carbonyl (C=O) groups excluding carboxylic acids is 1. The van der Waals surface area contributed by atoms with Gasteiger partial charge in [-0.1, -0.05) is 18.2 Å². The molecule has 3 aromatic rings. The molecule has 5 heteroatoms. The van der Waals surface area contributed by atoms with Crippen LogP contribution in [0.5, 0.6) is 0 Å². The lowest BCUT2D eigenvalue weighted by atomic mass is 10.2. The highest BCUT2D eigenvalue weighted by Gasteiger charge is 2.04. The Morgan fingerprint density at radius 2 is 2.00 bits per heavy atom. The van der Waals surface area contributed by atoms with Gasteiger partial charge in [-0.15, -0.1) is 0 Å². The number of nitrogens with one attached hydrogen (secondary N) is 2. The van der Waals surface area contributed by atoms with E-state index < -0.39 is 0 Å². The van der Waals surface area contributed by atoms with Gasteiger partial charge in [0.15, 0.2) is 0 Å². The number of para-hydroxylation sites is 1. The molecular formula is C17H17N3O2. The predicted octanol–water partition coefficient (Wildman–Crippen LogP) is 2.15. The van der Waals surface area contributed by atoms with Crippen molar-refractivity contribution in [2.45, 2.75) is 13.0 Å². The fourth-order valence-corrected chi connectivity index (χ4v) is 2.44. The molecule has 0 saturated heterocycles. The quantitative estimate of drug-likeness (QED) is 0.708. The van der Waals surface area contributed by atoms with Crippen LogP contribution in [0.15, 0.2) is 59.7 Å². The number of carbonyl (C=O) groups is 1. The molecule has 0 aliphatic rings. The van der Waals surface area contributed by atoms with Gasteiger partial charge in [0.05, 0.1) is 5.56 Å². The van der Waals surface area contributed by atoms with Crippen molar-refractivity contribution in [1.29, 1.82) is 0 Å². The van der Waals surface area contributed by atoms with Gasteiger partial charge in [-0.05, 0) is 30.0 Å². The summed E-state index contributed by atoms with van der Waals surface area (Å²) < 4.78 is 2.18. The zero-order valence-electron chi connectivity index (χ0n) is 12.1. The Bertz CT molecular complexity index is 828. The average molecular weight is 295 g/mol. The molecule has 5 nitrogen and oxygen atoms in total. The molecule has 0 atom stereocenters.